The van der Waals surface area contributed by atoms with E-state index in [0.29, 0.717) is 6.07 Å². The van der Waals surface area contributed by atoms with E-state index in [4.69, 9.17) is 20.4 Å². The van der Waals surface area contributed by atoms with Crippen LogP contribution in [0, 0.1) is 0 Å². The predicted molar refractivity (Wildman–Crippen MR) is 78.6 cm³/mol. The van der Waals surface area contributed by atoms with E-state index in [1.165, 1.54) is 12.1 Å². The van der Waals surface area contributed by atoms with E-state index in [-0.39, 0.29) is 10.8 Å². The summed E-state index contributed by atoms with van der Waals surface area (Å²) >= 11 is 0. The van der Waals surface area contributed by atoms with Gasteiger partial charge >= 0.3 is 24.6 Å². The molecule has 0 amide bonds. The normalized spacial score (nSPS) is 10.0. The van der Waals surface area contributed by atoms with Crippen molar-refractivity contribution < 1.29 is 58.6 Å². The summed E-state index contributed by atoms with van der Waals surface area (Å²) < 4.78 is 17.9. The van der Waals surface area contributed by atoms with Gasteiger partial charge in [-0.05, 0) is 6.07 Å². The lowest BCUT2D eigenvalue weighted by molar-refractivity contribution is 0.132. The largest absolute Gasteiger partial charge is 0.511 e. The summed E-state index contributed by atoms with van der Waals surface area (Å²) in [5.41, 5.74) is 0. The quantitative estimate of drug-likeness (QED) is 0.457. The molecule has 0 bridgehead atoms. The molecule has 0 heterocycles. The Labute approximate surface area is 142 Å². The van der Waals surface area contributed by atoms with E-state index >= 15 is 0 Å². The van der Waals surface area contributed by atoms with E-state index in [0.717, 1.165) is 6.07 Å². The Kier molecular flexibility index (Phi) is 4.97. The molecule has 0 saturated heterocycles. The summed E-state index contributed by atoms with van der Waals surface area (Å²) in [7, 11) is 0. The second kappa shape index (κ2) is 7.12. The number of hydrogen-bond donors (Lipinski definition) is 4. The van der Waals surface area contributed by atoms with Gasteiger partial charge in [0.15, 0.2) is 11.5 Å². The highest BCUT2D eigenvalue weighted by Gasteiger charge is 2.24. The number of hydrogen-bond acceptors (Lipinski definition) is 8. The molecule has 2 aromatic rings. The molecule has 2 aromatic carbocycles. The number of benzene rings is 2. The van der Waals surface area contributed by atoms with Crippen LogP contribution in [0.4, 0.5) is 19.2 Å². The molecule has 0 aliphatic heterocycles. The molecule has 26 heavy (non-hydrogen) atoms. The Balaban J connectivity index is 2.87. The predicted octanol–water partition coefficient (Wildman–Crippen LogP) is 3.07. The monoisotopic (exact) mass is 368 g/mol. The van der Waals surface area contributed by atoms with E-state index in [9.17, 15) is 19.2 Å². The van der Waals surface area contributed by atoms with Crippen molar-refractivity contribution in [1.82, 2.24) is 0 Å². The highest BCUT2D eigenvalue weighted by Crippen LogP contribution is 2.45. The smallest absolute Gasteiger partial charge is 0.449 e. The third-order valence-corrected chi connectivity index (χ3v) is 2.78. The molecule has 0 saturated carbocycles. The van der Waals surface area contributed by atoms with Gasteiger partial charge in [0, 0.05) is 11.5 Å². The molecule has 2 rings (SSSR count). The number of rotatable bonds is 4. The van der Waals surface area contributed by atoms with Crippen molar-refractivity contribution in [3.8, 4) is 23.0 Å². The summed E-state index contributed by atoms with van der Waals surface area (Å²) in [6, 6.07) is 4.25. The minimum Gasteiger partial charge on any atom is -0.449 e. The lowest BCUT2D eigenvalue weighted by atomic mass is 10.1. The summed E-state index contributed by atoms with van der Waals surface area (Å²) in [5, 5.41) is 34.7. The Morgan fingerprint density at radius 3 is 1.69 bits per heavy atom. The van der Waals surface area contributed by atoms with Gasteiger partial charge in [-0.1, -0.05) is 12.1 Å². The first-order chi connectivity index (χ1) is 12.2. The Hall–Kier alpha value is -4.22. The standard InChI is InChI=1S/C14H8O12/c15-11(16)23-6-3-1-2-5-9(6)7(24-12(17)18)4-8(25-13(19)20)10(5)26-14(21)22/h1-4H,(H,15,16)(H,17,18)(H,19,20)(H,21,22). The molecule has 0 spiro atoms. The average molecular weight is 368 g/mol. The van der Waals surface area contributed by atoms with Crippen molar-refractivity contribution in [2.75, 3.05) is 0 Å². The van der Waals surface area contributed by atoms with E-state index < -0.39 is 47.6 Å². The van der Waals surface area contributed by atoms with Crippen molar-refractivity contribution >= 4 is 35.4 Å². The van der Waals surface area contributed by atoms with Gasteiger partial charge in [-0.2, -0.15) is 0 Å². The van der Waals surface area contributed by atoms with Crippen LogP contribution in [-0.4, -0.2) is 45.0 Å². The van der Waals surface area contributed by atoms with Crippen LogP contribution < -0.4 is 18.9 Å². The Morgan fingerprint density at radius 2 is 1.15 bits per heavy atom. The number of fused-ring (bicyclic) bond motifs is 1. The van der Waals surface area contributed by atoms with Gasteiger partial charge in [0.25, 0.3) is 0 Å². The van der Waals surface area contributed by atoms with Crippen molar-refractivity contribution in [3.63, 3.8) is 0 Å². The average Bonchev–Trinajstić information content (AvgIpc) is 2.48. The second-order valence-electron chi connectivity index (χ2n) is 4.35. The van der Waals surface area contributed by atoms with E-state index in [2.05, 4.69) is 18.9 Å². The molecule has 0 aromatic heterocycles. The fourth-order valence-corrected chi connectivity index (χ4v) is 2.08. The minimum atomic E-state index is -1.85. The van der Waals surface area contributed by atoms with Crippen molar-refractivity contribution in [1.29, 1.82) is 0 Å². The zero-order chi connectivity index (χ0) is 19.4. The third kappa shape index (κ3) is 4.00. The first-order valence-corrected chi connectivity index (χ1v) is 6.42. The fraction of sp³-hybridized carbons (Fsp3) is 0. The van der Waals surface area contributed by atoms with Gasteiger partial charge in [0.05, 0.1) is 5.39 Å². The van der Waals surface area contributed by atoms with Gasteiger partial charge < -0.3 is 39.4 Å². The fourth-order valence-electron chi connectivity index (χ4n) is 2.08. The summed E-state index contributed by atoms with van der Waals surface area (Å²) in [6.07, 6.45) is -7.24. The SMILES string of the molecule is O=C(O)Oc1cc(OC(=O)O)c2c(OC(=O)O)cccc2c1OC(=O)O. The number of ether oxygens (including phenoxy) is 4. The molecular weight excluding hydrogens is 360 g/mol. The van der Waals surface area contributed by atoms with Crippen LogP contribution in [0.25, 0.3) is 10.8 Å². The number of carbonyl (C=O) groups is 4. The first-order valence-electron chi connectivity index (χ1n) is 6.42. The van der Waals surface area contributed by atoms with E-state index in [1.54, 1.807) is 0 Å². The summed E-state index contributed by atoms with van der Waals surface area (Å²) in [5.74, 6) is -2.32. The van der Waals surface area contributed by atoms with Crippen LogP contribution in [0.1, 0.15) is 0 Å². The lowest BCUT2D eigenvalue weighted by Gasteiger charge is -2.15. The van der Waals surface area contributed by atoms with Crippen LogP contribution in [0.3, 0.4) is 0 Å². The van der Waals surface area contributed by atoms with Crippen molar-refractivity contribution in [3.05, 3.63) is 24.3 Å². The molecule has 12 heteroatoms. The molecule has 0 aliphatic carbocycles. The van der Waals surface area contributed by atoms with Crippen molar-refractivity contribution in [2.45, 2.75) is 0 Å². The first kappa shape index (κ1) is 18.1. The summed E-state index contributed by atoms with van der Waals surface area (Å²) in [4.78, 5) is 43.4. The summed E-state index contributed by atoms with van der Waals surface area (Å²) in [6.45, 7) is 0. The third-order valence-electron chi connectivity index (χ3n) is 2.78. The minimum absolute atomic E-state index is 0.235. The van der Waals surface area contributed by atoms with E-state index in [1.807, 2.05) is 0 Å². The maximum Gasteiger partial charge on any atom is 0.511 e. The molecule has 4 N–H and O–H groups in total. The molecule has 0 fully saturated rings. The number of carboxylic acid groups (broad SMARTS) is 4. The highest BCUT2D eigenvalue weighted by molar-refractivity contribution is 6.02. The Bertz CT molecular complexity index is 916. The molecule has 0 aliphatic rings. The Morgan fingerprint density at radius 1 is 0.654 bits per heavy atom. The zero-order valence-electron chi connectivity index (χ0n) is 12.4. The molecule has 136 valence electrons. The van der Waals surface area contributed by atoms with Crippen LogP contribution in [0.5, 0.6) is 23.0 Å². The van der Waals surface area contributed by atoms with Gasteiger partial charge in [-0.15, -0.1) is 0 Å². The second-order valence-corrected chi connectivity index (χ2v) is 4.35. The molecule has 12 nitrogen and oxygen atoms in total. The molecular formula is C14H8O12. The molecule has 0 atom stereocenters. The van der Waals surface area contributed by atoms with Gasteiger partial charge in [-0.3, -0.25) is 0 Å². The van der Waals surface area contributed by atoms with Crippen LogP contribution in [0.15, 0.2) is 24.3 Å². The zero-order valence-corrected chi connectivity index (χ0v) is 12.4. The molecule has 0 unspecified atom stereocenters. The van der Waals surface area contributed by atoms with Crippen LogP contribution >= 0.6 is 0 Å². The highest BCUT2D eigenvalue weighted by atomic mass is 16.7. The van der Waals surface area contributed by atoms with Crippen LogP contribution in [0.2, 0.25) is 0 Å². The van der Waals surface area contributed by atoms with Gasteiger partial charge in [-0.25, -0.2) is 19.2 Å². The van der Waals surface area contributed by atoms with Crippen LogP contribution in [-0.2, 0) is 0 Å². The molecule has 0 radical (unpaired) electrons. The maximum atomic E-state index is 10.9. The van der Waals surface area contributed by atoms with Gasteiger partial charge in [0.2, 0.25) is 0 Å². The van der Waals surface area contributed by atoms with Crippen molar-refractivity contribution in [2.24, 2.45) is 0 Å². The topological polar surface area (TPSA) is 186 Å². The maximum absolute atomic E-state index is 10.9. The lowest BCUT2D eigenvalue weighted by Crippen LogP contribution is -2.11. The van der Waals surface area contributed by atoms with Gasteiger partial charge in [0.1, 0.15) is 11.5 Å².